The molecular weight excluding hydrogens is 568 g/mol. The van der Waals surface area contributed by atoms with Gasteiger partial charge in [-0.3, -0.25) is 0 Å². The van der Waals surface area contributed by atoms with Gasteiger partial charge in [0.05, 0.1) is 18.8 Å². The predicted octanol–water partition coefficient (Wildman–Crippen LogP) is -0.110. The highest BCUT2D eigenvalue weighted by Crippen LogP contribution is 2.57. The first-order chi connectivity index (χ1) is 20.7. The summed E-state index contributed by atoms with van der Waals surface area (Å²) in [5, 5.41) is 60.3. The van der Waals surface area contributed by atoms with Crippen molar-refractivity contribution in [3.05, 3.63) is 82.9 Å². The summed E-state index contributed by atoms with van der Waals surface area (Å²) in [4.78, 5) is 13.1. The zero-order valence-corrected chi connectivity index (χ0v) is 22.3. The number of fused-ring (bicyclic) bond motifs is 6. The van der Waals surface area contributed by atoms with Gasteiger partial charge in [0.25, 0.3) is 0 Å². The molecule has 4 heterocycles. The lowest BCUT2D eigenvalue weighted by Gasteiger charge is -2.38. The van der Waals surface area contributed by atoms with E-state index in [2.05, 4.69) is 0 Å². The second-order valence-corrected chi connectivity index (χ2v) is 10.8. The van der Waals surface area contributed by atoms with Gasteiger partial charge in [-0.25, -0.2) is 4.79 Å². The minimum atomic E-state index is -1.52. The van der Waals surface area contributed by atoms with Crippen LogP contribution in [0.4, 0.5) is 0 Å². The van der Waals surface area contributed by atoms with Gasteiger partial charge in [0, 0.05) is 28.8 Å². The van der Waals surface area contributed by atoms with Crippen molar-refractivity contribution in [1.82, 2.24) is 0 Å². The smallest absolute Gasteiger partial charge is 0.340 e. The third-order valence-electron chi connectivity index (χ3n) is 8.07. The lowest BCUT2D eigenvalue weighted by Crippen LogP contribution is -2.54. The van der Waals surface area contributed by atoms with Gasteiger partial charge in [0.2, 0.25) is 12.6 Å². The Bertz CT molecular complexity index is 1480. The molecule has 7 rings (SSSR count). The highest BCUT2D eigenvalue weighted by atomic mass is 16.7. The van der Waals surface area contributed by atoms with Crippen molar-refractivity contribution in [3.8, 4) is 23.0 Å². The fourth-order valence-corrected chi connectivity index (χ4v) is 5.82. The summed E-state index contributed by atoms with van der Waals surface area (Å²) in [6, 6.07) is 16.5. The Morgan fingerprint density at radius 3 is 1.70 bits per heavy atom. The first kappa shape index (κ1) is 28.0. The van der Waals surface area contributed by atoms with Crippen molar-refractivity contribution in [2.24, 2.45) is 0 Å². The van der Waals surface area contributed by atoms with Crippen LogP contribution in [0.3, 0.4) is 0 Å². The summed E-state index contributed by atoms with van der Waals surface area (Å²) in [7, 11) is 0. The van der Waals surface area contributed by atoms with Gasteiger partial charge in [-0.05, 0) is 30.3 Å². The van der Waals surface area contributed by atoms with Crippen molar-refractivity contribution in [2.45, 2.75) is 54.8 Å². The molecule has 2 saturated heterocycles. The minimum absolute atomic E-state index is 0.196. The average Bonchev–Trinajstić information content (AvgIpc) is 3.30. The number of hydrogen-bond donors (Lipinski definition) is 6. The SMILES string of the molecule is O=C1OC2(c3ccc(O[C@@H]4OC[C@@H](O)[C@H](O)[C@H]4O)cc3Oc3cc(O[C@@H]4OC[C@@H](O)[C@H](O)[C@H]4O)ccc32)c2ccccc21. The molecule has 4 aliphatic heterocycles. The van der Waals surface area contributed by atoms with Crippen LogP contribution in [0.2, 0.25) is 0 Å². The molecule has 6 N–H and O–H groups in total. The number of benzene rings is 3. The fraction of sp³-hybridized carbons (Fsp3) is 0.367. The Kier molecular flexibility index (Phi) is 6.80. The first-order valence-electron chi connectivity index (χ1n) is 13.6. The van der Waals surface area contributed by atoms with Crippen molar-refractivity contribution in [2.75, 3.05) is 13.2 Å². The number of rotatable bonds is 4. The Hall–Kier alpha value is -3.79. The summed E-state index contributed by atoms with van der Waals surface area (Å²) in [6.45, 7) is -0.489. The monoisotopic (exact) mass is 596 g/mol. The summed E-state index contributed by atoms with van der Waals surface area (Å²) in [5.74, 6) is 0.338. The quantitative estimate of drug-likeness (QED) is 0.219. The van der Waals surface area contributed by atoms with E-state index in [-0.39, 0.29) is 36.2 Å². The fourth-order valence-electron chi connectivity index (χ4n) is 5.82. The van der Waals surface area contributed by atoms with Crippen LogP contribution in [0.5, 0.6) is 23.0 Å². The first-order valence-corrected chi connectivity index (χ1v) is 13.6. The number of ether oxygens (including phenoxy) is 6. The molecule has 0 radical (unpaired) electrons. The molecule has 1 spiro atoms. The maximum Gasteiger partial charge on any atom is 0.340 e. The summed E-state index contributed by atoms with van der Waals surface area (Å²) >= 11 is 0. The predicted molar refractivity (Wildman–Crippen MR) is 141 cm³/mol. The highest BCUT2D eigenvalue weighted by Gasteiger charge is 2.54. The third kappa shape index (κ3) is 4.44. The van der Waals surface area contributed by atoms with Gasteiger partial charge in [0.15, 0.2) is 5.60 Å². The molecule has 3 aromatic carbocycles. The molecule has 0 aromatic heterocycles. The van der Waals surface area contributed by atoms with E-state index in [1.54, 1.807) is 48.5 Å². The van der Waals surface area contributed by atoms with Crippen molar-refractivity contribution < 1.29 is 63.9 Å². The Labute approximate surface area is 244 Å². The van der Waals surface area contributed by atoms with Crippen LogP contribution >= 0.6 is 0 Å². The molecule has 13 nitrogen and oxygen atoms in total. The molecular formula is C30H28O13. The third-order valence-corrected chi connectivity index (χ3v) is 8.07. The van der Waals surface area contributed by atoms with E-state index in [0.717, 1.165) is 0 Å². The normalized spacial score (nSPS) is 32.2. The van der Waals surface area contributed by atoms with Gasteiger partial charge in [-0.2, -0.15) is 0 Å². The van der Waals surface area contributed by atoms with Crippen LogP contribution in [-0.4, -0.2) is 99.0 Å². The molecule has 0 unspecified atom stereocenters. The highest BCUT2D eigenvalue weighted by molar-refractivity contribution is 5.97. The summed E-state index contributed by atoms with van der Waals surface area (Å²) in [6.07, 6.45) is -11.1. The minimum Gasteiger partial charge on any atom is -0.462 e. The molecule has 0 amide bonds. The van der Waals surface area contributed by atoms with Crippen LogP contribution in [-0.2, 0) is 19.8 Å². The topological polar surface area (TPSA) is 194 Å². The van der Waals surface area contributed by atoms with Crippen molar-refractivity contribution in [3.63, 3.8) is 0 Å². The van der Waals surface area contributed by atoms with Gasteiger partial charge in [-0.1, -0.05) is 18.2 Å². The average molecular weight is 597 g/mol. The standard InChI is InChI=1S/C30H28O13/c31-19-11-38-28(25(35)23(19)33)40-13-5-7-17-21(9-13)42-22-10-14(41-29-26(36)24(34)20(32)12-39-29)6-8-18(22)30(17)16-4-2-1-3-15(16)27(37)43-30/h1-10,19-20,23-26,28-29,31-36H,11-12H2/t19-,20-,23+,24+,25-,26-,28+,29+/m1/s1. The maximum atomic E-state index is 13.1. The van der Waals surface area contributed by atoms with E-state index in [1.807, 2.05) is 0 Å². The molecule has 13 heteroatoms. The van der Waals surface area contributed by atoms with Crippen LogP contribution in [0.25, 0.3) is 0 Å². The number of aliphatic hydroxyl groups excluding tert-OH is 6. The number of esters is 1. The van der Waals surface area contributed by atoms with E-state index in [1.165, 1.54) is 12.1 Å². The van der Waals surface area contributed by atoms with E-state index < -0.39 is 60.8 Å². The van der Waals surface area contributed by atoms with Crippen LogP contribution in [0, 0.1) is 0 Å². The van der Waals surface area contributed by atoms with Crippen molar-refractivity contribution in [1.29, 1.82) is 0 Å². The number of carbonyl (C=O) groups excluding carboxylic acids is 1. The molecule has 4 aliphatic rings. The van der Waals surface area contributed by atoms with Crippen LogP contribution in [0.1, 0.15) is 27.0 Å². The Morgan fingerprint density at radius 2 is 1.16 bits per heavy atom. The lowest BCUT2D eigenvalue weighted by atomic mass is 9.77. The number of aliphatic hydroxyl groups is 6. The van der Waals surface area contributed by atoms with Gasteiger partial charge in [-0.15, -0.1) is 0 Å². The molecule has 3 aromatic rings. The molecule has 2 fully saturated rings. The van der Waals surface area contributed by atoms with Crippen LogP contribution < -0.4 is 14.2 Å². The van der Waals surface area contributed by atoms with Crippen LogP contribution in [0.15, 0.2) is 60.7 Å². The van der Waals surface area contributed by atoms with Crippen molar-refractivity contribution >= 4 is 5.97 Å². The zero-order chi connectivity index (χ0) is 30.0. The van der Waals surface area contributed by atoms with Gasteiger partial charge in [0.1, 0.15) is 59.6 Å². The summed E-state index contributed by atoms with van der Waals surface area (Å²) in [5.41, 5.74) is 0.528. The largest absolute Gasteiger partial charge is 0.462 e. The lowest BCUT2D eigenvalue weighted by molar-refractivity contribution is -0.242. The number of carbonyl (C=O) groups is 1. The molecule has 0 bridgehead atoms. The summed E-state index contributed by atoms with van der Waals surface area (Å²) < 4.78 is 34.7. The van der Waals surface area contributed by atoms with Gasteiger partial charge < -0.3 is 59.1 Å². The van der Waals surface area contributed by atoms with E-state index in [0.29, 0.717) is 22.3 Å². The Balaban J connectivity index is 1.27. The molecule has 0 aliphatic carbocycles. The van der Waals surface area contributed by atoms with Gasteiger partial charge >= 0.3 is 5.97 Å². The molecule has 43 heavy (non-hydrogen) atoms. The van der Waals surface area contributed by atoms with E-state index >= 15 is 0 Å². The molecule has 8 atom stereocenters. The second-order valence-electron chi connectivity index (χ2n) is 10.8. The number of hydrogen-bond acceptors (Lipinski definition) is 13. The van der Waals surface area contributed by atoms with E-state index in [9.17, 15) is 35.4 Å². The van der Waals surface area contributed by atoms with E-state index in [4.69, 9.17) is 28.4 Å². The zero-order valence-electron chi connectivity index (χ0n) is 22.3. The maximum absolute atomic E-state index is 13.1. The molecule has 0 saturated carbocycles. The molecule has 226 valence electrons. The second kappa shape index (κ2) is 10.4. The Morgan fingerprint density at radius 1 is 0.651 bits per heavy atom.